The minimum absolute atomic E-state index is 0.113. The van der Waals surface area contributed by atoms with Crippen molar-refractivity contribution in [3.8, 4) is 0 Å². The average Bonchev–Trinajstić information content (AvgIpc) is 3.41. The van der Waals surface area contributed by atoms with Gasteiger partial charge in [-0.2, -0.15) is 13.2 Å². The summed E-state index contributed by atoms with van der Waals surface area (Å²) in [5, 5.41) is 5.24. The topological polar surface area (TPSA) is 78.5 Å². The number of benzene rings is 1. The van der Waals surface area contributed by atoms with Gasteiger partial charge in [-0.3, -0.25) is 14.5 Å². The van der Waals surface area contributed by atoms with E-state index < -0.39 is 35.1 Å². The molecule has 1 heterocycles. The van der Waals surface area contributed by atoms with Crippen molar-refractivity contribution in [1.29, 1.82) is 0 Å². The van der Waals surface area contributed by atoms with E-state index in [0.717, 1.165) is 29.9 Å². The Morgan fingerprint density at radius 2 is 1.89 bits per heavy atom. The SMILES string of the molecule is C[C@@]1(C2CC2)NC(=O)N(CC(=O)NCCc2ccc(C(F)(F)F)cc2)C1=O. The van der Waals surface area contributed by atoms with Crippen LogP contribution in [0.25, 0.3) is 0 Å². The summed E-state index contributed by atoms with van der Waals surface area (Å²) in [4.78, 5) is 37.4. The van der Waals surface area contributed by atoms with Gasteiger partial charge in [0, 0.05) is 6.54 Å². The van der Waals surface area contributed by atoms with Gasteiger partial charge in [0.2, 0.25) is 5.91 Å². The first-order valence-corrected chi connectivity index (χ1v) is 8.68. The van der Waals surface area contributed by atoms with Gasteiger partial charge < -0.3 is 10.6 Å². The summed E-state index contributed by atoms with van der Waals surface area (Å²) in [6.45, 7) is 1.49. The third-order valence-corrected chi connectivity index (χ3v) is 5.01. The molecule has 2 N–H and O–H groups in total. The Labute approximate surface area is 154 Å². The molecule has 0 unspecified atom stereocenters. The van der Waals surface area contributed by atoms with E-state index in [1.54, 1.807) is 6.92 Å². The number of urea groups is 1. The lowest BCUT2D eigenvalue weighted by Gasteiger charge is -2.20. The number of amides is 4. The maximum Gasteiger partial charge on any atom is 0.416 e. The molecule has 1 atom stereocenters. The van der Waals surface area contributed by atoms with Crippen LogP contribution in [-0.2, 0) is 22.2 Å². The second kappa shape index (κ2) is 6.86. The van der Waals surface area contributed by atoms with Crippen molar-refractivity contribution in [3.05, 3.63) is 35.4 Å². The number of nitrogens with one attached hydrogen (secondary N) is 2. The molecule has 1 saturated carbocycles. The lowest BCUT2D eigenvalue weighted by molar-refractivity contribution is -0.137. The van der Waals surface area contributed by atoms with Crippen LogP contribution in [0.2, 0.25) is 0 Å². The predicted molar refractivity (Wildman–Crippen MR) is 89.5 cm³/mol. The molecule has 1 aromatic carbocycles. The highest BCUT2D eigenvalue weighted by Gasteiger charge is 2.56. The largest absolute Gasteiger partial charge is 0.416 e. The van der Waals surface area contributed by atoms with Gasteiger partial charge in [0.25, 0.3) is 5.91 Å². The highest BCUT2D eigenvalue weighted by molar-refractivity contribution is 6.09. The smallest absolute Gasteiger partial charge is 0.354 e. The Bertz CT molecular complexity index is 759. The number of nitrogens with zero attached hydrogens (tertiary/aromatic N) is 1. The van der Waals surface area contributed by atoms with E-state index in [1.165, 1.54) is 12.1 Å². The van der Waals surface area contributed by atoms with Crippen LogP contribution >= 0.6 is 0 Å². The number of imide groups is 1. The third kappa shape index (κ3) is 4.06. The van der Waals surface area contributed by atoms with Gasteiger partial charge in [-0.25, -0.2) is 4.79 Å². The van der Waals surface area contributed by atoms with E-state index in [0.29, 0.717) is 12.0 Å². The number of rotatable bonds is 6. The molecular formula is C18H20F3N3O3. The molecule has 0 spiro atoms. The van der Waals surface area contributed by atoms with Gasteiger partial charge in [0.1, 0.15) is 12.1 Å². The predicted octanol–water partition coefficient (Wildman–Crippen LogP) is 2.08. The van der Waals surface area contributed by atoms with E-state index in [1.807, 2.05) is 0 Å². The number of halogens is 3. The molecular weight excluding hydrogens is 363 g/mol. The molecule has 0 radical (unpaired) electrons. The monoisotopic (exact) mass is 383 g/mol. The van der Waals surface area contributed by atoms with Crippen LogP contribution in [0, 0.1) is 5.92 Å². The fourth-order valence-corrected chi connectivity index (χ4v) is 3.20. The molecule has 1 aliphatic carbocycles. The number of hydrogen-bond acceptors (Lipinski definition) is 3. The Balaban J connectivity index is 1.47. The van der Waals surface area contributed by atoms with Crippen molar-refractivity contribution < 1.29 is 27.6 Å². The lowest BCUT2D eigenvalue weighted by atomic mass is 9.96. The van der Waals surface area contributed by atoms with Crippen LogP contribution in [0.15, 0.2) is 24.3 Å². The van der Waals surface area contributed by atoms with Crippen molar-refractivity contribution in [3.63, 3.8) is 0 Å². The van der Waals surface area contributed by atoms with Crippen molar-refractivity contribution in [2.45, 2.75) is 37.9 Å². The maximum atomic E-state index is 12.5. The van der Waals surface area contributed by atoms with Crippen LogP contribution in [-0.4, -0.2) is 41.4 Å². The quantitative estimate of drug-likeness (QED) is 0.739. The van der Waals surface area contributed by atoms with Gasteiger partial charge in [-0.05, 0) is 49.8 Å². The molecule has 2 aliphatic rings. The fourth-order valence-electron chi connectivity index (χ4n) is 3.20. The summed E-state index contributed by atoms with van der Waals surface area (Å²) in [6.07, 6.45) is -2.31. The molecule has 0 bridgehead atoms. The van der Waals surface area contributed by atoms with E-state index in [4.69, 9.17) is 0 Å². The normalized spacial score (nSPS) is 22.7. The summed E-state index contributed by atoms with van der Waals surface area (Å²) >= 11 is 0. The second-order valence-corrected chi connectivity index (χ2v) is 7.09. The third-order valence-electron chi connectivity index (χ3n) is 5.01. The van der Waals surface area contributed by atoms with E-state index >= 15 is 0 Å². The summed E-state index contributed by atoms with van der Waals surface area (Å²) < 4.78 is 37.6. The average molecular weight is 383 g/mol. The molecule has 1 aromatic rings. The zero-order valence-corrected chi connectivity index (χ0v) is 14.7. The van der Waals surface area contributed by atoms with Crippen LogP contribution in [0.3, 0.4) is 0 Å². The number of carbonyl (C=O) groups excluding carboxylic acids is 3. The zero-order valence-electron chi connectivity index (χ0n) is 14.7. The first kappa shape index (κ1) is 19.2. The minimum atomic E-state index is -4.38. The van der Waals surface area contributed by atoms with Crippen LogP contribution in [0.1, 0.15) is 30.9 Å². The van der Waals surface area contributed by atoms with Crippen molar-refractivity contribution in [2.75, 3.05) is 13.1 Å². The number of hydrogen-bond donors (Lipinski definition) is 2. The minimum Gasteiger partial charge on any atom is -0.354 e. The summed E-state index contributed by atoms with van der Waals surface area (Å²) in [6, 6.07) is 4.11. The first-order valence-electron chi connectivity index (χ1n) is 8.68. The van der Waals surface area contributed by atoms with E-state index in [-0.39, 0.29) is 19.0 Å². The molecule has 4 amide bonds. The summed E-state index contributed by atoms with van der Waals surface area (Å²) in [7, 11) is 0. The van der Waals surface area contributed by atoms with Crippen molar-refractivity contribution in [2.24, 2.45) is 5.92 Å². The van der Waals surface area contributed by atoms with Gasteiger partial charge in [-0.15, -0.1) is 0 Å². The lowest BCUT2D eigenvalue weighted by Crippen LogP contribution is -2.47. The molecule has 0 aromatic heterocycles. The van der Waals surface area contributed by atoms with Crippen LogP contribution in [0.5, 0.6) is 0 Å². The van der Waals surface area contributed by atoms with Crippen molar-refractivity contribution in [1.82, 2.24) is 15.5 Å². The van der Waals surface area contributed by atoms with E-state index in [2.05, 4.69) is 10.6 Å². The number of carbonyl (C=O) groups is 3. The fraction of sp³-hybridized carbons (Fsp3) is 0.500. The molecule has 146 valence electrons. The van der Waals surface area contributed by atoms with Crippen LogP contribution in [0.4, 0.5) is 18.0 Å². The highest BCUT2D eigenvalue weighted by atomic mass is 19.4. The first-order chi connectivity index (χ1) is 12.6. The Morgan fingerprint density at radius 3 is 2.44 bits per heavy atom. The van der Waals surface area contributed by atoms with Gasteiger partial charge in [-0.1, -0.05) is 12.1 Å². The molecule has 1 saturated heterocycles. The molecule has 9 heteroatoms. The van der Waals surface area contributed by atoms with Crippen LogP contribution < -0.4 is 10.6 Å². The Hall–Kier alpha value is -2.58. The maximum absolute atomic E-state index is 12.5. The standard InChI is InChI=1S/C18H20F3N3O3/c1-17(12-6-7-12)15(26)24(16(27)23-17)10-14(25)22-9-8-11-2-4-13(5-3-11)18(19,20)21/h2-5,12H,6-10H2,1H3,(H,22,25)(H,23,27)/t17-/m0/s1. The molecule has 2 fully saturated rings. The molecule has 3 rings (SSSR count). The second-order valence-electron chi connectivity index (χ2n) is 7.09. The van der Waals surface area contributed by atoms with Gasteiger partial charge >= 0.3 is 12.2 Å². The molecule has 6 nitrogen and oxygen atoms in total. The van der Waals surface area contributed by atoms with Gasteiger partial charge in [0.05, 0.1) is 5.56 Å². The highest BCUT2D eigenvalue weighted by Crippen LogP contribution is 2.42. The summed E-state index contributed by atoms with van der Waals surface area (Å²) in [5.74, 6) is -0.778. The molecule has 1 aliphatic heterocycles. The zero-order chi connectivity index (χ0) is 19.8. The Kier molecular flexibility index (Phi) is 4.88. The molecule has 27 heavy (non-hydrogen) atoms. The van der Waals surface area contributed by atoms with Crippen molar-refractivity contribution >= 4 is 17.8 Å². The number of alkyl halides is 3. The summed E-state index contributed by atoms with van der Waals surface area (Å²) in [5.41, 5.74) is -1.02. The Morgan fingerprint density at radius 1 is 1.26 bits per heavy atom. The van der Waals surface area contributed by atoms with E-state index in [9.17, 15) is 27.6 Å². The van der Waals surface area contributed by atoms with Gasteiger partial charge in [0.15, 0.2) is 0 Å².